The Balaban J connectivity index is 3.08. The molecule has 0 radical (unpaired) electrons. The third-order valence-corrected chi connectivity index (χ3v) is 4.27. The van der Waals surface area contributed by atoms with Gasteiger partial charge in [0.2, 0.25) is 11.9 Å². The Labute approximate surface area is 145 Å². The number of benzene rings is 1. The lowest BCUT2D eigenvalue weighted by molar-refractivity contribution is -0.154. The van der Waals surface area contributed by atoms with E-state index >= 15 is 0 Å². The highest BCUT2D eigenvalue weighted by molar-refractivity contribution is 6.01. The predicted molar refractivity (Wildman–Crippen MR) is 89.6 cm³/mol. The Morgan fingerprint density at radius 3 is 2.28 bits per heavy atom. The smallest absolute Gasteiger partial charge is 0.338 e. The SMILES string of the molecule is CCC(CC)(Cc1cccc(NC#N)c1)C(=O)NC(C(=O)O)C(=O)O. The second-order valence-corrected chi connectivity index (χ2v) is 5.68. The molecule has 4 N–H and O–H groups in total. The summed E-state index contributed by atoms with van der Waals surface area (Å²) in [6, 6.07) is 4.97. The van der Waals surface area contributed by atoms with Crippen molar-refractivity contribution in [2.75, 3.05) is 5.32 Å². The van der Waals surface area contributed by atoms with Crippen LogP contribution in [0.5, 0.6) is 0 Å². The van der Waals surface area contributed by atoms with Crippen molar-refractivity contribution in [1.29, 1.82) is 5.26 Å². The van der Waals surface area contributed by atoms with Crippen LogP contribution in [0, 0.1) is 16.9 Å². The van der Waals surface area contributed by atoms with E-state index in [0.29, 0.717) is 24.9 Å². The van der Waals surface area contributed by atoms with Gasteiger partial charge in [0.15, 0.2) is 6.19 Å². The minimum absolute atomic E-state index is 0.290. The van der Waals surface area contributed by atoms with Crippen LogP contribution in [0.3, 0.4) is 0 Å². The van der Waals surface area contributed by atoms with Gasteiger partial charge < -0.3 is 15.5 Å². The molecule has 25 heavy (non-hydrogen) atoms. The molecule has 0 saturated heterocycles. The van der Waals surface area contributed by atoms with Gasteiger partial charge in [-0.25, -0.2) is 9.59 Å². The molecule has 0 aliphatic carbocycles. The van der Waals surface area contributed by atoms with Crippen LogP contribution in [0.1, 0.15) is 32.3 Å². The first-order valence-corrected chi connectivity index (χ1v) is 7.80. The van der Waals surface area contributed by atoms with Crippen molar-refractivity contribution >= 4 is 23.5 Å². The van der Waals surface area contributed by atoms with Crippen molar-refractivity contribution in [3.8, 4) is 6.19 Å². The molecule has 0 atom stereocenters. The predicted octanol–water partition coefficient (Wildman–Crippen LogP) is 1.58. The normalized spacial score (nSPS) is 10.8. The summed E-state index contributed by atoms with van der Waals surface area (Å²) in [5, 5.41) is 31.2. The summed E-state index contributed by atoms with van der Waals surface area (Å²) < 4.78 is 0. The van der Waals surface area contributed by atoms with E-state index in [0.717, 1.165) is 5.56 Å². The highest BCUT2D eigenvalue weighted by Gasteiger charge is 2.39. The molecule has 0 heterocycles. The summed E-state index contributed by atoms with van der Waals surface area (Å²) in [4.78, 5) is 34.7. The minimum atomic E-state index is -1.99. The molecular weight excluding hydrogens is 326 g/mol. The maximum absolute atomic E-state index is 12.7. The van der Waals surface area contributed by atoms with Crippen molar-refractivity contribution in [2.45, 2.75) is 39.2 Å². The number of nitrogens with zero attached hydrogens (tertiary/aromatic N) is 1. The molecule has 1 rings (SSSR count). The number of amides is 1. The van der Waals surface area contributed by atoms with Gasteiger partial charge in [-0.2, -0.15) is 5.26 Å². The van der Waals surface area contributed by atoms with Gasteiger partial charge >= 0.3 is 11.9 Å². The summed E-state index contributed by atoms with van der Waals surface area (Å²) in [5.74, 6) is -3.87. The van der Waals surface area contributed by atoms with Crippen molar-refractivity contribution in [3.05, 3.63) is 29.8 Å². The third-order valence-electron chi connectivity index (χ3n) is 4.27. The maximum Gasteiger partial charge on any atom is 0.338 e. The lowest BCUT2D eigenvalue weighted by Crippen LogP contribution is -2.52. The van der Waals surface area contributed by atoms with E-state index < -0.39 is 29.3 Å². The Kier molecular flexibility index (Phi) is 6.93. The molecule has 0 fully saturated rings. The molecule has 0 unspecified atom stereocenters. The van der Waals surface area contributed by atoms with Gasteiger partial charge in [-0.15, -0.1) is 0 Å². The van der Waals surface area contributed by atoms with Crippen LogP contribution in [0.25, 0.3) is 0 Å². The maximum atomic E-state index is 12.7. The highest BCUT2D eigenvalue weighted by atomic mass is 16.4. The number of carboxylic acids is 2. The van der Waals surface area contributed by atoms with E-state index in [1.807, 2.05) is 6.19 Å². The average Bonchev–Trinajstić information content (AvgIpc) is 2.57. The molecule has 134 valence electrons. The van der Waals surface area contributed by atoms with Gasteiger partial charge in [-0.1, -0.05) is 26.0 Å². The molecular formula is C17H21N3O5. The molecule has 0 aromatic heterocycles. The molecule has 0 aliphatic heterocycles. The van der Waals surface area contributed by atoms with Crippen LogP contribution in [0.15, 0.2) is 24.3 Å². The standard InChI is InChI=1S/C17H21N3O5/c1-3-17(4-2,16(25)20-13(14(21)22)15(23)24)9-11-6-5-7-12(8-11)19-10-18/h5-8,13,19H,3-4,9H2,1-2H3,(H,20,25)(H,21,22)(H,23,24). The van der Waals surface area contributed by atoms with Crippen molar-refractivity contribution in [3.63, 3.8) is 0 Å². The number of aliphatic carboxylic acids is 2. The van der Waals surface area contributed by atoms with E-state index in [9.17, 15) is 14.4 Å². The topological polar surface area (TPSA) is 140 Å². The summed E-state index contributed by atoms with van der Waals surface area (Å²) in [6.45, 7) is 3.58. The minimum Gasteiger partial charge on any atom is -0.479 e. The number of carbonyl (C=O) groups is 3. The van der Waals surface area contributed by atoms with E-state index in [-0.39, 0.29) is 0 Å². The van der Waals surface area contributed by atoms with Gasteiger partial charge in [-0.05, 0) is 37.0 Å². The second kappa shape index (κ2) is 8.68. The molecule has 0 aliphatic rings. The zero-order valence-corrected chi connectivity index (χ0v) is 14.1. The number of carbonyl (C=O) groups excluding carboxylic acids is 1. The molecule has 1 amide bonds. The summed E-state index contributed by atoms with van der Waals surface area (Å²) in [6.07, 6.45) is 2.91. The number of nitriles is 1. The van der Waals surface area contributed by atoms with E-state index in [2.05, 4.69) is 10.6 Å². The lowest BCUT2D eigenvalue weighted by atomic mass is 9.76. The van der Waals surface area contributed by atoms with Crippen LogP contribution in [-0.4, -0.2) is 34.1 Å². The first-order chi connectivity index (χ1) is 11.8. The Hall–Kier alpha value is -3.08. The number of anilines is 1. The van der Waals surface area contributed by atoms with Crippen LogP contribution in [0.2, 0.25) is 0 Å². The van der Waals surface area contributed by atoms with E-state index in [4.69, 9.17) is 15.5 Å². The van der Waals surface area contributed by atoms with Gasteiger partial charge in [0, 0.05) is 5.69 Å². The molecule has 8 nitrogen and oxygen atoms in total. The monoisotopic (exact) mass is 347 g/mol. The van der Waals surface area contributed by atoms with E-state index in [1.54, 1.807) is 38.1 Å². The number of carboxylic acid groups (broad SMARTS) is 2. The second-order valence-electron chi connectivity index (χ2n) is 5.68. The molecule has 0 saturated carbocycles. The fourth-order valence-corrected chi connectivity index (χ4v) is 2.63. The zero-order valence-electron chi connectivity index (χ0n) is 14.1. The third kappa shape index (κ3) is 4.94. The Morgan fingerprint density at radius 1 is 1.20 bits per heavy atom. The highest BCUT2D eigenvalue weighted by Crippen LogP contribution is 2.32. The lowest BCUT2D eigenvalue weighted by Gasteiger charge is -2.31. The first kappa shape index (κ1) is 20.0. The summed E-state index contributed by atoms with van der Waals surface area (Å²) in [7, 11) is 0. The number of hydrogen-bond acceptors (Lipinski definition) is 5. The molecule has 0 spiro atoms. The fraction of sp³-hybridized carbons (Fsp3) is 0.412. The number of rotatable bonds is 9. The van der Waals surface area contributed by atoms with Crippen molar-refractivity contribution < 1.29 is 24.6 Å². The first-order valence-electron chi connectivity index (χ1n) is 7.80. The number of nitrogens with one attached hydrogen (secondary N) is 2. The van der Waals surface area contributed by atoms with Gasteiger partial charge in [0.25, 0.3) is 0 Å². The van der Waals surface area contributed by atoms with Crippen LogP contribution in [0.4, 0.5) is 5.69 Å². The summed E-state index contributed by atoms with van der Waals surface area (Å²) in [5.41, 5.74) is 0.408. The number of hydrogen-bond donors (Lipinski definition) is 4. The molecule has 1 aromatic carbocycles. The Bertz CT molecular complexity index is 678. The summed E-state index contributed by atoms with van der Waals surface area (Å²) >= 11 is 0. The van der Waals surface area contributed by atoms with Gasteiger partial charge in [-0.3, -0.25) is 10.1 Å². The molecule has 1 aromatic rings. The van der Waals surface area contributed by atoms with Crippen LogP contribution in [-0.2, 0) is 20.8 Å². The van der Waals surface area contributed by atoms with Crippen LogP contribution >= 0.6 is 0 Å². The molecule has 0 bridgehead atoms. The fourth-order valence-electron chi connectivity index (χ4n) is 2.63. The largest absolute Gasteiger partial charge is 0.479 e. The van der Waals surface area contributed by atoms with Crippen molar-refractivity contribution in [2.24, 2.45) is 5.41 Å². The zero-order chi connectivity index (χ0) is 19.0. The van der Waals surface area contributed by atoms with Crippen molar-refractivity contribution in [1.82, 2.24) is 5.32 Å². The van der Waals surface area contributed by atoms with E-state index in [1.165, 1.54) is 0 Å². The Morgan fingerprint density at radius 2 is 1.80 bits per heavy atom. The molecule has 8 heteroatoms. The quantitative estimate of drug-likeness (QED) is 0.302. The average molecular weight is 347 g/mol. The van der Waals surface area contributed by atoms with Gasteiger partial charge in [0.1, 0.15) is 0 Å². The van der Waals surface area contributed by atoms with Crippen LogP contribution < -0.4 is 10.6 Å². The van der Waals surface area contributed by atoms with Gasteiger partial charge in [0.05, 0.1) is 5.41 Å².